The van der Waals surface area contributed by atoms with Gasteiger partial charge in [0.05, 0.1) is 24.2 Å². The molecule has 2 N–H and O–H groups in total. The molecular formula is C15H29NO4. The van der Waals surface area contributed by atoms with E-state index in [0.29, 0.717) is 26.1 Å². The maximum Gasteiger partial charge on any atom is 0.310 e. The monoisotopic (exact) mass is 287 g/mol. The number of carbonyl (C=O) groups is 1. The fourth-order valence-corrected chi connectivity index (χ4v) is 3.00. The summed E-state index contributed by atoms with van der Waals surface area (Å²) in [5.41, 5.74) is -0.633. The molecule has 118 valence electrons. The summed E-state index contributed by atoms with van der Waals surface area (Å²) in [5, 5.41) is 19.5. The number of carboxylic acids is 1. The zero-order valence-corrected chi connectivity index (χ0v) is 13.0. The van der Waals surface area contributed by atoms with E-state index in [1.165, 1.54) is 0 Å². The van der Waals surface area contributed by atoms with Gasteiger partial charge in [-0.2, -0.15) is 0 Å². The molecule has 0 spiro atoms. The summed E-state index contributed by atoms with van der Waals surface area (Å²) in [5.74, 6) is -0.697. The van der Waals surface area contributed by atoms with Crippen molar-refractivity contribution in [3.63, 3.8) is 0 Å². The van der Waals surface area contributed by atoms with Gasteiger partial charge in [-0.15, -0.1) is 0 Å². The summed E-state index contributed by atoms with van der Waals surface area (Å²) in [4.78, 5) is 13.7. The third-order valence-corrected chi connectivity index (χ3v) is 3.93. The van der Waals surface area contributed by atoms with Crippen molar-refractivity contribution in [3.8, 4) is 0 Å². The average molecular weight is 287 g/mol. The quantitative estimate of drug-likeness (QED) is 0.711. The molecule has 1 rings (SSSR count). The lowest BCUT2D eigenvalue weighted by atomic mass is 9.76. The van der Waals surface area contributed by atoms with Gasteiger partial charge in [0.2, 0.25) is 0 Å². The molecule has 1 saturated heterocycles. The van der Waals surface area contributed by atoms with E-state index < -0.39 is 17.5 Å². The predicted molar refractivity (Wildman–Crippen MR) is 77.7 cm³/mol. The SMILES string of the molecule is CCCC1(C(=O)O)CCCN(CC(O)COC(C)C)C1. The third-order valence-electron chi connectivity index (χ3n) is 3.93. The lowest BCUT2D eigenvalue weighted by Gasteiger charge is -2.40. The summed E-state index contributed by atoms with van der Waals surface area (Å²) in [6.07, 6.45) is 2.75. The molecular weight excluding hydrogens is 258 g/mol. The Morgan fingerprint density at radius 1 is 1.45 bits per heavy atom. The van der Waals surface area contributed by atoms with Gasteiger partial charge in [0.15, 0.2) is 0 Å². The number of aliphatic hydroxyl groups is 1. The molecule has 0 radical (unpaired) electrons. The summed E-state index contributed by atoms with van der Waals surface area (Å²) >= 11 is 0. The minimum atomic E-state index is -0.697. The molecule has 0 aromatic rings. The Labute approximate surface area is 121 Å². The Morgan fingerprint density at radius 2 is 2.15 bits per heavy atom. The topological polar surface area (TPSA) is 70.0 Å². The van der Waals surface area contributed by atoms with Crippen LogP contribution >= 0.6 is 0 Å². The molecule has 1 aliphatic heterocycles. The van der Waals surface area contributed by atoms with Gasteiger partial charge in [0.1, 0.15) is 0 Å². The molecule has 0 bridgehead atoms. The van der Waals surface area contributed by atoms with E-state index in [0.717, 1.165) is 25.8 Å². The molecule has 0 aromatic carbocycles. The molecule has 1 fully saturated rings. The van der Waals surface area contributed by atoms with Crippen LogP contribution in [0.2, 0.25) is 0 Å². The number of hydrogen-bond acceptors (Lipinski definition) is 4. The van der Waals surface area contributed by atoms with Crippen LogP contribution in [0, 0.1) is 5.41 Å². The number of ether oxygens (including phenoxy) is 1. The van der Waals surface area contributed by atoms with Crippen LogP contribution in [-0.4, -0.2) is 59.5 Å². The molecule has 5 nitrogen and oxygen atoms in total. The van der Waals surface area contributed by atoms with E-state index in [1.54, 1.807) is 0 Å². The fourth-order valence-electron chi connectivity index (χ4n) is 3.00. The van der Waals surface area contributed by atoms with Gasteiger partial charge in [-0.05, 0) is 39.7 Å². The van der Waals surface area contributed by atoms with Crippen molar-refractivity contribution in [2.75, 3.05) is 26.2 Å². The zero-order chi connectivity index (χ0) is 15.2. The number of hydrogen-bond donors (Lipinski definition) is 2. The maximum absolute atomic E-state index is 11.6. The van der Waals surface area contributed by atoms with Crippen LogP contribution in [0.25, 0.3) is 0 Å². The summed E-state index contributed by atoms with van der Waals surface area (Å²) in [7, 11) is 0. The molecule has 1 aliphatic rings. The van der Waals surface area contributed by atoms with Gasteiger partial charge in [0, 0.05) is 13.1 Å². The number of β-amino-alcohol motifs (C(OH)–C–C–N with tert-alkyl or cyclic N) is 1. The first kappa shape index (κ1) is 17.4. The van der Waals surface area contributed by atoms with Gasteiger partial charge >= 0.3 is 5.97 Å². The number of aliphatic hydroxyl groups excluding tert-OH is 1. The van der Waals surface area contributed by atoms with Crippen LogP contribution < -0.4 is 0 Å². The Morgan fingerprint density at radius 3 is 2.70 bits per heavy atom. The average Bonchev–Trinajstić information content (AvgIpc) is 2.37. The molecule has 2 unspecified atom stereocenters. The minimum absolute atomic E-state index is 0.101. The van der Waals surface area contributed by atoms with Crippen LogP contribution in [0.3, 0.4) is 0 Å². The maximum atomic E-state index is 11.6. The molecule has 0 amide bonds. The molecule has 5 heteroatoms. The van der Waals surface area contributed by atoms with E-state index in [4.69, 9.17) is 4.74 Å². The zero-order valence-electron chi connectivity index (χ0n) is 13.0. The molecule has 2 atom stereocenters. The lowest BCUT2D eigenvalue weighted by Crippen LogP contribution is -2.50. The number of aliphatic carboxylic acids is 1. The van der Waals surface area contributed by atoms with Crippen molar-refractivity contribution in [1.82, 2.24) is 4.90 Å². The molecule has 20 heavy (non-hydrogen) atoms. The van der Waals surface area contributed by atoms with Gasteiger partial charge in [-0.25, -0.2) is 0 Å². The first-order valence-corrected chi connectivity index (χ1v) is 7.65. The highest BCUT2D eigenvalue weighted by molar-refractivity contribution is 5.75. The van der Waals surface area contributed by atoms with Crippen LogP contribution in [0.4, 0.5) is 0 Å². The van der Waals surface area contributed by atoms with E-state index in [2.05, 4.69) is 4.90 Å². The molecule has 0 aliphatic carbocycles. The van der Waals surface area contributed by atoms with E-state index >= 15 is 0 Å². The highest BCUT2D eigenvalue weighted by Gasteiger charge is 2.41. The van der Waals surface area contributed by atoms with Crippen LogP contribution in [0.15, 0.2) is 0 Å². The molecule has 0 aromatic heterocycles. The van der Waals surface area contributed by atoms with Crippen LogP contribution in [-0.2, 0) is 9.53 Å². The van der Waals surface area contributed by atoms with Crippen molar-refractivity contribution < 1.29 is 19.7 Å². The third kappa shape index (κ3) is 5.04. The van der Waals surface area contributed by atoms with E-state index in [1.807, 2.05) is 20.8 Å². The first-order chi connectivity index (χ1) is 9.39. The number of rotatable bonds is 8. The summed E-state index contributed by atoms with van der Waals surface area (Å²) in [6.45, 7) is 8.09. The summed E-state index contributed by atoms with van der Waals surface area (Å²) < 4.78 is 5.40. The number of carboxylic acid groups (broad SMARTS) is 1. The van der Waals surface area contributed by atoms with Crippen molar-refractivity contribution >= 4 is 5.97 Å². The number of likely N-dealkylation sites (tertiary alicyclic amines) is 1. The number of nitrogens with zero attached hydrogens (tertiary/aromatic N) is 1. The molecule has 0 saturated carbocycles. The first-order valence-electron chi connectivity index (χ1n) is 7.65. The van der Waals surface area contributed by atoms with Crippen molar-refractivity contribution in [2.24, 2.45) is 5.41 Å². The molecule has 1 heterocycles. The fraction of sp³-hybridized carbons (Fsp3) is 0.933. The van der Waals surface area contributed by atoms with Crippen LogP contribution in [0.5, 0.6) is 0 Å². The smallest absolute Gasteiger partial charge is 0.310 e. The van der Waals surface area contributed by atoms with Gasteiger partial charge in [-0.3, -0.25) is 9.69 Å². The highest BCUT2D eigenvalue weighted by Crippen LogP contribution is 2.35. The Balaban J connectivity index is 2.53. The predicted octanol–water partition coefficient (Wildman–Crippen LogP) is 1.74. The second-order valence-electron chi connectivity index (χ2n) is 6.21. The van der Waals surface area contributed by atoms with E-state index in [9.17, 15) is 15.0 Å². The van der Waals surface area contributed by atoms with Crippen LogP contribution in [0.1, 0.15) is 46.5 Å². The number of piperidine rings is 1. The van der Waals surface area contributed by atoms with Gasteiger partial charge in [-0.1, -0.05) is 13.3 Å². The van der Waals surface area contributed by atoms with Crippen molar-refractivity contribution in [2.45, 2.75) is 58.7 Å². The Bertz CT molecular complexity index is 304. The second kappa shape index (κ2) is 7.96. The lowest BCUT2D eigenvalue weighted by molar-refractivity contribution is -0.153. The minimum Gasteiger partial charge on any atom is -0.481 e. The Kier molecular flexibility index (Phi) is 6.92. The van der Waals surface area contributed by atoms with Crippen molar-refractivity contribution in [1.29, 1.82) is 0 Å². The van der Waals surface area contributed by atoms with Gasteiger partial charge < -0.3 is 14.9 Å². The summed E-state index contributed by atoms with van der Waals surface area (Å²) in [6, 6.07) is 0. The van der Waals surface area contributed by atoms with Crippen molar-refractivity contribution in [3.05, 3.63) is 0 Å². The largest absolute Gasteiger partial charge is 0.481 e. The van der Waals surface area contributed by atoms with Gasteiger partial charge in [0.25, 0.3) is 0 Å². The normalized spacial score (nSPS) is 25.9. The second-order valence-corrected chi connectivity index (χ2v) is 6.21. The highest BCUT2D eigenvalue weighted by atomic mass is 16.5. The van der Waals surface area contributed by atoms with E-state index in [-0.39, 0.29) is 6.10 Å². The Hall–Kier alpha value is -0.650. The standard InChI is InChI=1S/C15H29NO4/c1-4-6-15(14(18)19)7-5-8-16(11-15)9-13(17)10-20-12(2)3/h12-13,17H,4-11H2,1-3H3,(H,18,19).